The molecule has 0 spiro atoms. The fraction of sp³-hybridized carbons (Fsp3) is 0.120. The molecular formula is C25H23N3O. The molecule has 0 radical (unpaired) electrons. The molecule has 0 N–H and O–H groups in total. The molecule has 144 valence electrons. The maximum atomic E-state index is 13.2. The lowest BCUT2D eigenvalue weighted by Crippen LogP contribution is -2.24. The summed E-state index contributed by atoms with van der Waals surface area (Å²) in [6.45, 7) is 0.483. The predicted molar refractivity (Wildman–Crippen MR) is 121 cm³/mol. The van der Waals surface area contributed by atoms with Crippen molar-refractivity contribution in [1.82, 2.24) is 9.55 Å². The number of aromatic nitrogens is 2. The molecular weight excluding hydrogens is 358 g/mol. The van der Waals surface area contributed by atoms with E-state index in [-0.39, 0.29) is 5.56 Å². The van der Waals surface area contributed by atoms with Crippen LogP contribution < -0.4 is 10.5 Å². The highest BCUT2D eigenvalue weighted by Gasteiger charge is 2.09. The Hall–Kier alpha value is -3.66. The van der Waals surface area contributed by atoms with Gasteiger partial charge in [-0.1, -0.05) is 60.7 Å². The van der Waals surface area contributed by atoms with Crippen molar-refractivity contribution in [3.05, 3.63) is 106 Å². The molecule has 0 bridgehead atoms. The predicted octanol–water partition coefficient (Wildman–Crippen LogP) is 4.68. The van der Waals surface area contributed by atoms with Gasteiger partial charge in [-0.2, -0.15) is 0 Å². The third kappa shape index (κ3) is 4.11. The van der Waals surface area contributed by atoms with E-state index in [0.29, 0.717) is 23.3 Å². The molecule has 1 heterocycles. The maximum absolute atomic E-state index is 13.2. The first-order valence-electron chi connectivity index (χ1n) is 9.61. The highest BCUT2D eigenvalue weighted by atomic mass is 16.1. The van der Waals surface area contributed by atoms with Crippen LogP contribution in [0.3, 0.4) is 0 Å². The minimum absolute atomic E-state index is 0.0259. The summed E-state index contributed by atoms with van der Waals surface area (Å²) in [4.78, 5) is 20.0. The minimum atomic E-state index is -0.0259. The van der Waals surface area contributed by atoms with Gasteiger partial charge >= 0.3 is 0 Å². The normalized spacial score (nSPS) is 11.2. The largest absolute Gasteiger partial charge is 0.378 e. The Kier molecular flexibility index (Phi) is 5.25. The molecule has 3 aromatic carbocycles. The third-order valence-corrected chi connectivity index (χ3v) is 4.91. The Morgan fingerprint density at radius 1 is 0.862 bits per heavy atom. The molecule has 0 aliphatic heterocycles. The van der Waals surface area contributed by atoms with Gasteiger partial charge < -0.3 is 4.90 Å². The van der Waals surface area contributed by atoms with Crippen LogP contribution in [0.15, 0.2) is 83.7 Å². The van der Waals surface area contributed by atoms with Crippen molar-refractivity contribution in [2.24, 2.45) is 0 Å². The highest BCUT2D eigenvalue weighted by Crippen LogP contribution is 2.16. The molecule has 4 heteroatoms. The summed E-state index contributed by atoms with van der Waals surface area (Å²) in [6.07, 6.45) is 3.92. The zero-order chi connectivity index (χ0) is 20.2. The minimum Gasteiger partial charge on any atom is -0.378 e. The average molecular weight is 381 g/mol. The molecule has 0 atom stereocenters. The molecule has 0 amide bonds. The summed E-state index contributed by atoms with van der Waals surface area (Å²) in [5.41, 5.74) is 3.96. The van der Waals surface area contributed by atoms with Crippen molar-refractivity contribution in [1.29, 1.82) is 0 Å². The number of nitrogens with zero attached hydrogens (tertiary/aromatic N) is 3. The first-order valence-corrected chi connectivity index (χ1v) is 9.61. The second-order valence-electron chi connectivity index (χ2n) is 7.18. The van der Waals surface area contributed by atoms with Gasteiger partial charge in [0, 0.05) is 19.8 Å². The Labute approximate surface area is 170 Å². The van der Waals surface area contributed by atoms with Crippen LogP contribution in [0.4, 0.5) is 5.69 Å². The topological polar surface area (TPSA) is 38.1 Å². The van der Waals surface area contributed by atoms with E-state index >= 15 is 0 Å². The van der Waals surface area contributed by atoms with Gasteiger partial charge in [-0.3, -0.25) is 9.36 Å². The number of benzene rings is 3. The van der Waals surface area contributed by atoms with E-state index in [1.165, 1.54) is 0 Å². The van der Waals surface area contributed by atoms with Crippen molar-refractivity contribution in [3.8, 4) is 0 Å². The number of hydrogen-bond donors (Lipinski definition) is 0. The lowest BCUT2D eigenvalue weighted by Gasteiger charge is -2.12. The molecule has 29 heavy (non-hydrogen) atoms. The Bertz CT molecular complexity index is 1210. The molecule has 0 aliphatic carbocycles. The van der Waals surface area contributed by atoms with Crippen LogP contribution in [0.25, 0.3) is 23.1 Å². The van der Waals surface area contributed by atoms with Crippen LogP contribution in [0.2, 0.25) is 0 Å². The van der Waals surface area contributed by atoms with Gasteiger partial charge in [0.1, 0.15) is 5.82 Å². The van der Waals surface area contributed by atoms with Crippen LogP contribution in [-0.2, 0) is 6.54 Å². The van der Waals surface area contributed by atoms with Gasteiger partial charge in [-0.05, 0) is 41.5 Å². The summed E-state index contributed by atoms with van der Waals surface area (Å²) < 4.78 is 1.74. The van der Waals surface area contributed by atoms with Crippen LogP contribution in [0, 0.1) is 0 Å². The Balaban J connectivity index is 1.77. The molecule has 4 nitrogen and oxygen atoms in total. The van der Waals surface area contributed by atoms with Crippen molar-refractivity contribution < 1.29 is 0 Å². The monoisotopic (exact) mass is 381 g/mol. The fourth-order valence-corrected chi connectivity index (χ4v) is 3.29. The van der Waals surface area contributed by atoms with E-state index < -0.39 is 0 Å². The van der Waals surface area contributed by atoms with Gasteiger partial charge in [0.15, 0.2) is 0 Å². The van der Waals surface area contributed by atoms with E-state index in [9.17, 15) is 4.79 Å². The van der Waals surface area contributed by atoms with Gasteiger partial charge in [-0.25, -0.2) is 4.98 Å². The third-order valence-electron chi connectivity index (χ3n) is 4.91. The smallest absolute Gasteiger partial charge is 0.261 e. The molecule has 1 aromatic heterocycles. The maximum Gasteiger partial charge on any atom is 0.261 e. The summed E-state index contributed by atoms with van der Waals surface area (Å²) in [6, 6.07) is 25.8. The van der Waals surface area contributed by atoms with Crippen molar-refractivity contribution in [2.45, 2.75) is 6.54 Å². The summed E-state index contributed by atoms with van der Waals surface area (Å²) >= 11 is 0. The molecule has 0 unspecified atom stereocenters. The Morgan fingerprint density at radius 2 is 1.55 bits per heavy atom. The van der Waals surface area contributed by atoms with E-state index in [1.807, 2.05) is 80.8 Å². The van der Waals surface area contributed by atoms with Gasteiger partial charge in [0.2, 0.25) is 0 Å². The van der Waals surface area contributed by atoms with Crippen LogP contribution in [0.5, 0.6) is 0 Å². The van der Waals surface area contributed by atoms with Gasteiger partial charge in [0.25, 0.3) is 5.56 Å². The fourth-order valence-electron chi connectivity index (χ4n) is 3.29. The number of hydrogen-bond acceptors (Lipinski definition) is 3. The van der Waals surface area contributed by atoms with Crippen LogP contribution in [0.1, 0.15) is 17.0 Å². The second-order valence-corrected chi connectivity index (χ2v) is 7.18. The zero-order valence-electron chi connectivity index (χ0n) is 16.6. The van der Waals surface area contributed by atoms with Crippen LogP contribution >= 0.6 is 0 Å². The quantitative estimate of drug-likeness (QED) is 0.504. The molecule has 0 fully saturated rings. The average Bonchev–Trinajstić information content (AvgIpc) is 2.75. The molecule has 0 saturated heterocycles. The van der Waals surface area contributed by atoms with E-state index in [0.717, 1.165) is 16.8 Å². The number of anilines is 1. The van der Waals surface area contributed by atoms with Crippen molar-refractivity contribution in [3.63, 3.8) is 0 Å². The zero-order valence-corrected chi connectivity index (χ0v) is 16.6. The molecule has 4 rings (SSSR count). The van der Waals surface area contributed by atoms with Crippen molar-refractivity contribution in [2.75, 3.05) is 19.0 Å². The van der Waals surface area contributed by atoms with Gasteiger partial charge in [-0.15, -0.1) is 0 Å². The number of para-hydroxylation sites is 1. The van der Waals surface area contributed by atoms with Gasteiger partial charge in [0.05, 0.1) is 17.4 Å². The standard InChI is InChI=1S/C25H23N3O/c1-27(2)21-15-12-19(13-16-21)14-17-24-26-23-11-7-6-10-22(23)25(29)28(24)18-20-8-4-3-5-9-20/h3-17H,18H2,1-2H3/b17-14+. The molecule has 0 aliphatic rings. The number of rotatable bonds is 5. The number of fused-ring (bicyclic) bond motifs is 1. The first-order chi connectivity index (χ1) is 14.1. The van der Waals surface area contributed by atoms with E-state index in [1.54, 1.807) is 4.57 Å². The second kappa shape index (κ2) is 8.15. The van der Waals surface area contributed by atoms with Crippen molar-refractivity contribution >= 4 is 28.7 Å². The van der Waals surface area contributed by atoms with E-state index in [4.69, 9.17) is 4.98 Å². The Morgan fingerprint density at radius 3 is 2.28 bits per heavy atom. The lowest BCUT2D eigenvalue weighted by molar-refractivity contribution is 0.738. The van der Waals surface area contributed by atoms with Crippen LogP contribution in [-0.4, -0.2) is 23.6 Å². The first kappa shape index (κ1) is 18.7. The SMILES string of the molecule is CN(C)c1ccc(/C=C/c2nc3ccccc3c(=O)n2Cc2ccccc2)cc1. The summed E-state index contributed by atoms with van der Waals surface area (Å²) in [5.74, 6) is 0.647. The summed E-state index contributed by atoms with van der Waals surface area (Å²) in [5, 5.41) is 0.635. The lowest BCUT2D eigenvalue weighted by atomic mass is 10.1. The van der Waals surface area contributed by atoms with E-state index in [2.05, 4.69) is 29.2 Å². The molecule has 4 aromatic rings. The summed E-state index contributed by atoms with van der Waals surface area (Å²) in [7, 11) is 4.04. The molecule has 0 saturated carbocycles. The highest BCUT2D eigenvalue weighted by molar-refractivity contribution is 5.79.